The van der Waals surface area contributed by atoms with E-state index in [1.165, 1.54) is 35.3 Å². The van der Waals surface area contributed by atoms with Gasteiger partial charge in [-0.2, -0.15) is 0 Å². The van der Waals surface area contributed by atoms with Gasteiger partial charge in [0, 0.05) is 10.5 Å². The summed E-state index contributed by atoms with van der Waals surface area (Å²) < 4.78 is 5.21. The molecule has 2 aromatic heterocycles. The minimum atomic E-state index is -0.424. The number of rotatable bonds is 6. The molecule has 0 saturated carbocycles. The summed E-state index contributed by atoms with van der Waals surface area (Å²) in [6.45, 7) is 0.0284. The highest BCUT2D eigenvalue weighted by atomic mass is 32.2. The summed E-state index contributed by atoms with van der Waals surface area (Å²) in [6.07, 6.45) is 4.29. The van der Waals surface area contributed by atoms with Gasteiger partial charge in [0.05, 0.1) is 42.3 Å². The van der Waals surface area contributed by atoms with Crippen LogP contribution in [0.2, 0.25) is 0 Å². The summed E-state index contributed by atoms with van der Waals surface area (Å²) in [5.41, 5.74) is 6.69. The van der Waals surface area contributed by atoms with Crippen LogP contribution in [-0.2, 0) is 16.1 Å². The Labute approximate surface area is 181 Å². The average Bonchev–Trinajstić information content (AvgIpc) is 3.29. The van der Waals surface area contributed by atoms with Crippen molar-refractivity contribution in [2.45, 2.75) is 11.4 Å². The molecule has 0 fully saturated rings. The highest BCUT2D eigenvalue weighted by Crippen LogP contribution is 2.36. The fraction of sp³-hybridized carbons (Fsp3) is 0.150. The van der Waals surface area contributed by atoms with Crippen LogP contribution < -0.4 is 21.3 Å². The maximum atomic E-state index is 12.5. The standard InChI is InChI=1S/C20H18N6O4S/c21-20-23-7-13(8-24-20)25-17(27)10-26-15-6-12(3-4-16(15)31-11-18(26)28)19(29)22-9-14-2-1-5-30-14/h1-8H,9-11H2,(H,22,29)(H,25,27)(H2,21,23,24). The van der Waals surface area contributed by atoms with Gasteiger partial charge in [-0.15, -0.1) is 11.8 Å². The van der Waals surface area contributed by atoms with Gasteiger partial charge in [-0.1, -0.05) is 0 Å². The molecule has 158 valence electrons. The molecule has 10 nitrogen and oxygen atoms in total. The van der Waals surface area contributed by atoms with Gasteiger partial charge < -0.3 is 25.7 Å². The highest BCUT2D eigenvalue weighted by molar-refractivity contribution is 8.00. The molecule has 1 aliphatic rings. The molecule has 4 N–H and O–H groups in total. The fourth-order valence-electron chi connectivity index (χ4n) is 2.95. The molecule has 3 amide bonds. The number of thioether (sulfide) groups is 1. The molecule has 0 atom stereocenters. The number of fused-ring (bicyclic) bond motifs is 1. The van der Waals surface area contributed by atoms with E-state index in [1.807, 2.05) is 0 Å². The summed E-state index contributed by atoms with van der Waals surface area (Å²) in [7, 11) is 0. The molecule has 3 aromatic rings. The van der Waals surface area contributed by atoms with Crippen LogP contribution in [0.5, 0.6) is 0 Å². The van der Waals surface area contributed by atoms with Gasteiger partial charge in [-0.3, -0.25) is 14.4 Å². The van der Waals surface area contributed by atoms with Crippen LogP contribution in [0.1, 0.15) is 16.1 Å². The van der Waals surface area contributed by atoms with Gasteiger partial charge in [0.2, 0.25) is 17.8 Å². The molecule has 0 saturated heterocycles. The van der Waals surface area contributed by atoms with Gasteiger partial charge >= 0.3 is 0 Å². The summed E-state index contributed by atoms with van der Waals surface area (Å²) in [5.74, 6) is -0.0443. The number of aromatic nitrogens is 2. The lowest BCUT2D eigenvalue weighted by Crippen LogP contribution is -2.41. The molecule has 1 aliphatic heterocycles. The second kappa shape index (κ2) is 8.88. The van der Waals surface area contributed by atoms with Gasteiger partial charge in [0.1, 0.15) is 12.3 Å². The minimum Gasteiger partial charge on any atom is -0.467 e. The van der Waals surface area contributed by atoms with Crippen molar-refractivity contribution in [3.05, 3.63) is 60.3 Å². The molecule has 0 bridgehead atoms. The number of amides is 3. The van der Waals surface area contributed by atoms with Crippen LogP contribution >= 0.6 is 11.8 Å². The highest BCUT2D eigenvalue weighted by Gasteiger charge is 2.27. The molecule has 0 unspecified atom stereocenters. The summed E-state index contributed by atoms with van der Waals surface area (Å²) in [4.78, 5) is 47.3. The molecule has 3 heterocycles. The van der Waals surface area contributed by atoms with E-state index >= 15 is 0 Å². The average molecular weight is 438 g/mol. The number of carbonyl (C=O) groups is 3. The van der Waals surface area contributed by atoms with Gasteiger partial charge in [-0.25, -0.2) is 9.97 Å². The third kappa shape index (κ3) is 4.83. The third-order valence-electron chi connectivity index (χ3n) is 4.42. The smallest absolute Gasteiger partial charge is 0.251 e. The number of carbonyl (C=O) groups excluding carboxylic acids is 3. The normalized spacial score (nSPS) is 12.9. The van der Waals surface area contributed by atoms with Crippen LogP contribution in [0.15, 0.2) is 58.3 Å². The van der Waals surface area contributed by atoms with Crippen molar-refractivity contribution < 1.29 is 18.8 Å². The molecule has 0 aliphatic carbocycles. The predicted molar refractivity (Wildman–Crippen MR) is 114 cm³/mol. The Bertz CT molecular complexity index is 1120. The number of benzene rings is 1. The SMILES string of the molecule is Nc1ncc(NC(=O)CN2C(=O)CSc3ccc(C(=O)NCc4ccco4)cc32)cn1. The van der Waals surface area contributed by atoms with Crippen LogP contribution in [0.3, 0.4) is 0 Å². The number of nitrogens with one attached hydrogen (secondary N) is 2. The van der Waals surface area contributed by atoms with Crippen LogP contribution in [-0.4, -0.2) is 40.0 Å². The quantitative estimate of drug-likeness (QED) is 0.527. The van der Waals surface area contributed by atoms with E-state index in [-0.39, 0.29) is 36.6 Å². The maximum absolute atomic E-state index is 12.5. The molecule has 4 rings (SSSR count). The zero-order chi connectivity index (χ0) is 21.8. The van der Waals surface area contributed by atoms with Crippen LogP contribution in [0.4, 0.5) is 17.3 Å². The van der Waals surface area contributed by atoms with Crippen molar-refractivity contribution in [3.8, 4) is 0 Å². The summed E-state index contributed by atoms with van der Waals surface area (Å²) >= 11 is 1.36. The van der Waals surface area contributed by atoms with Gasteiger partial charge in [0.15, 0.2) is 0 Å². The second-order valence-electron chi connectivity index (χ2n) is 6.59. The molecular weight excluding hydrogens is 420 g/mol. The number of hydrogen-bond donors (Lipinski definition) is 3. The van der Waals surface area contributed by atoms with E-state index in [2.05, 4.69) is 20.6 Å². The number of hydrogen-bond acceptors (Lipinski definition) is 8. The van der Waals surface area contributed by atoms with Crippen LogP contribution in [0.25, 0.3) is 0 Å². The van der Waals surface area contributed by atoms with Crippen molar-refractivity contribution in [2.75, 3.05) is 28.2 Å². The lowest BCUT2D eigenvalue weighted by molar-refractivity contribution is -0.120. The maximum Gasteiger partial charge on any atom is 0.251 e. The van der Waals surface area contributed by atoms with Crippen molar-refractivity contribution in [3.63, 3.8) is 0 Å². The van der Waals surface area contributed by atoms with Crippen molar-refractivity contribution in [1.29, 1.82) is 0 Å². The topological polar surface area (TPSA) is 143 Å². The first kappa shape index (κ1) is 20.4. The largest absolute Gasteiger partial charge is 0.467 e. The van der Waals surface area contributed by atoms with E-state index in [0.717, 1.165) is 4.90 Å². The minimum absolute atomic E-state index is 0.0908. The Morgan fingerprint density at radius 1 is 1.23 bits per heavy atom. The Kier molecular flexibility index (Phi) is 5.85. The van der Waals surface area contributed by atoms with Gasteiger partial charge in [-0.05, 0) is 30.3 Å². The Hall–Kier alpha value is -3.86. The van der Waals surface area contributed by atoms with Gasteiger partial charge in [0.25, 0.3) is 5.91 Å². The van der Waals surface area contributed by atoms with Crippen molar-refractivity contribution >= 4 is 46.8 Å². The first-order valence-electron chi connectivity index (χ1n) is 9.25. The number of nitrogens with two attached hydrogens (primary N) is 1. The number of anilines is 3. The monoisotopic (exact) mass is 438 g/mol. The predicted octanol–water partition coefficient (Wildman–Crippen LogP) is 1.66. The Morgan fingerprint density at radius 3 is 2.77 bits per heavy atom. The Balaban J connectivity index is 1.48. The molecule has 0 radical (unpaired) electrons. The Morgan fingerprint density at radius 2 is 2.03 bits per heavy atom. The lowest BCUT2D eigenvalue weighted by Gasteiger charge is -2.28. The van der Waals surface area contributed by atoms with E-state index in [0.29, 0.717) is 22.7 Å². The lowest BCUT2D eigenvalue weighted by atomic mass is 10.1. The number of nitrogen functional groups attached to an aromatic ring is 1. The van der Waals surface area contributed by atoms with E-state index < -0.39 is 5.91 Å². The van der Waals surface area contributed by atoms with Crippen molar-refractivity contribution in [1.82, 2.24) is 15.3 Å². The van der Waals surface area contributed by atoms with E-state index in [4.69, 9.17) is 10.2 Å². The first-order chi connectivity index (χ1) is 15.0. The first-order valence-corrected chi connectivity index (χ1v) is 10.2. The molecule has 0 spiro atoms. The van der Waals surface area contributed by atoms with E-state index in [1.54, 1.807) is 30.3 Å². The van der Waals surface area contributed by atoms with Crippen molar-refractivity contribution in [2.24, 2.45) is 0 Å². The molecular formula is C20H18N6O4S. The van der Waals surface area contributed by atoms with E-state index in [9.17, 15) is 14.4 Å². The molecule has 11 heteroatoms. The summed E-state index contributed by atoms with van der Waals surface area (Å²) in [6, 6.07) is 8.56. The molecule has 1 aromatic carbocycles. The number of furan rings is 1. The second-order valence-corrected chi connectivity index (χ2v) is 7.61. The molecule has 31 heavy (non-hydrogen) atoms. The fourth-order valence-corrected chi connectivity index (χ4v) is 3.86. The third-order valence-corrected chi connectivity index (χ3v) is 5.47. The summed E-state index contributed by atoms with van der Waals surface area (Å²) in [5, 5.41) is 5.40. The number of nitrogens with zero attached hydrogens (tertiary/aromatic N) is 3. The van der Waals surface area contributed by atoms with Crippen LogP contribution in [0, 0.1) is 0 Å². The zero-order valence-electron chi connectivity index (χ0n) is 16.2. The zero-order valence-corrected chi connectivity index (χ0v) is 17.0.